The third-order valence-corrected chi connectivity index (χ3v) is 2.59. The van der Waals surface area contributed by atoms with E-state index in [1.807, 2.05) is 6.92 Å². The first-order valence-electron chi connectivity index (χ1n) is 5.61. The molecule has 0 saturated carbocycles. The van der Waals surface area contributed by atoms with Crippen LogP contribution in [0.15, 0.2) is 35.0 Å². The van der Waals surface area contributed by atoms with Crippen LogP contribution in [0, 0.1) is 5.82 Å². The quantitative estimate of drug-likeness (QED) is 0.772. The molecule has 1 heterocycles. The highest BCUT2D eigenvalue weighted by molar-refractivity contribution is 6.58. The Hall–Kier alpha value is -1.66. The summed E-state index contributed by atoms with van der Waals surface area (Å²) in [6.45, 7) is 2.53. The number of ether oxygens (including phenoxy) is 1. The van der Waals surface area contributed by atoms with Crippen molar-refractivity contribution in [3.05, 3.63) is 35.9 Å². The number of aliphatic imine (C=N–C) groups is 1. The number of benzene rings is 1. The fraction of sp³-hybridized carbons (Fsp3) is 0.250. The highest BCUT2D eigenvalue weighted by Crippen LogP contribution is 2.18. The first-order chi connectivity index (χ1) is 8.56. The summed E-state index contributed by atoms with van der Waals surface area (Å²) in [5.41, 5.74) is 0.705. The van der Waals surface area contributed by atoms with Crippen LogP contribution in [0.1, 0.15) is 13.3 Å². The Morgan fingerprint density at radius 2 is 2.17 bits per heavy atom. The number of allylic oxidation sites excluding steroid dienone is 1. The first kappa shape index (κ1) is 12.8. The minimum Gasteiger partial charge on any atom is -0.461 e. The molecule has 18 heavy (non-hydrogen) atoms. The minimum atomic E-state index is -1.82. The second kappa shape index (κ2) is 5.33. The van der Waals surface area contributed by atoms with Gasteiger partial charge in [-0.3, -0.25) is 4.99 Å². The monoisotopic (exact) mass is 249 g/mol. The topological polar surface area (TPSA) is 62.0 Å². The van der Waals surface area contributed by atoms with Crippen molar-refractivity contribution in [1.29, 1.82) is 0 Å². The van der Waals surface area contributed by atoms with E-state index < -0.39 is 12.9 Å². The molecule has 1 aromatic carbocycles. The van der Waals surface area contributed by atoms with Crippen LogP contribution in [0.4, 0.5) is 4.39 Å². The molecule has 0 aromatic heterocycles. The third-order valence-electron chi connectivity index (χ3n) is 2.59. The van der Waals surface area contributed by atoms with Crippen molar-refractivity contribution in [2.75, 3.05) is 6.54 Å². The highest BCUT2D eigenvalue weighted by Gasteiger charge is 2.17. The Balaban J connectivity index is 2.16. The van der Waals surface area contributed by atoms with Crippen LogP contribution >= 0.6 is 0 Å². The molecule has 2 rings (SSSR count). The largest absolute Gasteiger partial charge is 0.491 e. The molecule has 1 aromatic rings. The second-order valence-electron chi connectivity index (χ2n) is 4.04. The van der Waals surface area contributed by atoms with E-state index in [1.54, 1.807) is 6.08 Å². The molecule has 2 N–H and O–H groups in total. The molecular formula is C12H13BFNO3. The van der Waals surface area contributed by atoms with Crippen LogP contribution in [0.3, 0.4) is 0 Å². The molecule has 0 radical (unpaired) electrons. The predicted octanol–water partition coefficient (Wildman–Crippen LogP) is 0.633. The van der Waals surface area contributed by atoms with Crippen molar-refractivity contribution < 1.29 is 19.2 Å². The molecule has 0 spiro atoms. The second-order valence-corrected chi connectivity index (χ2v) is 4.04. The Bertz CT molecular complexity index is 514. The Kier molecular flexibility index (Phi) is 3.79. The van der Waals surface area contributed by atoms with Gasteiger partial charge in [0.1, 0.15) is 17.3 Å². The molecule has 4 nitrogen and oxygen atoms in total. The molecule has 6 heteroatoms. The van der Waals surface area contributed by atoms with Crippen molar-refractivity contribution in [2.45, 2.75) is 13.3 Å². The average molecular weight is 249 g/mol. The van der Waals surface area contributed by atoms with E-state index in [2.05, 4.69) is 4.99 Å². The Morgan fingerprint density at radius 1 is 1.39 bits per heavy atom. The molecule has 0 fully saturated rings. The standard InChI is InChI=1S/C12H13BFNO3/c1-8-6-10(4-5-15-8)18-9-2-3-11(13(16)17)12(14)7-9/h2-3,6-7,16-17H,4-5H2,1H3. The average Bonchev–Trinajstić information content (AvgIpc) is 2.28. The molecule has 0 amide bonds. The molecule has 0 atom stereocenters. The van der Waals surface area contributed by atoms with Crippen molar-refractivity contribution in [3.8, 4) is 5.75 Å². The van der Waals surface area contributed by atoms with Crippen LogP contribution in [0.25, 0.3) is 0 Å². The predicted molar refractivity (Wildman–Crippen MR) is 67.5 cm³/mol. The molecular weight excluding hydrogens is 236 g/mol. The van der Waals surface area contributed by atoms with E-state index in [-0.39, 0.29) is 5.46 Å². The van der Waals surface area contributed by atoms with Crippen LogP contribution in [0.2, 0.25) is 0 Å². The van der Waals surface area contributed by atoms with Crippen molar-refractivity contribution in [1.82, 2.24) is 0 Å². The van der Waals surface area contributed by atoms with Gasteiger partial charge in [-0.15, -0.1) is 0 Å². The zero-order valence-corrected chi connectivity index (χ0v) is 9.93. The molecule has 94 valence electrons. The third kappa shape index (κ3) is 2.97. The zero-order valence-electron chi connectivity index (χ0n) is 9.93. The van der Waals surface area contributed by atoms with Gasteiger partial charge in [0, 0.05) is 30.2 Å². The molecule has 1 aliphatic heterocycles. The Morgan fingerprint density at radius 3 is 2.78 bits per heavy atom. The van der Waals surface area contributed by atoms with Crippen molar-refractivity contribution in [3.63, 3.8) is 0 Å². The lowest BCUT2D eigenvalue weighted by Gasteiger charge is -2.13. The maximum absolute atomic E-state index is 13.5. The van der Waals surface area contributed by atoms with Gasteiger partial charge in [0.05, 0.1) is 0 Å². The lowest BCUT2D eigenvalue weighted by Crippen LogP contribution is -2.32. The van der Waals surface area contributed by atoms with E-state index >= 15 is 0 Å². The summed E-state index contributed by atoms with van der Waals surface area (Å²) >= 11 is 0. The number of rotatable bonds is 3. The molecule has 1 aliphatic rings. The fourth-order valence-corrected chi connectivity index (χ4v) is 1.71. The summed E-state index contributed by atoms with van der Waals surface area (Å²) in [5.74, 6) is 0.348. The van der Waals surface area contributed by atoms with E-state index in [0.29, 0.717) is 18.7 Å². The molecule has 0 saturated heterocycles. The van der Waals surface area contributed by atoms with Crippen LogP contribution < -0.4 is 10.2 Å². The van der Waals surface area contributed by atoms with Crippen LogP contribution in [-0.4, -0.2) is 29.4 Å². The van der Waals surface area contributed by atoms with Gasteiger partial charge in [-0.1, -0.05) is 6.07 Å². The van der Waals surface area contributed by atoms with E-state index in [9.17, 15) is 4.39 Å². The number of nitrogens with zero attached hydrogens (tertiary/aromatic N) is 1. The van der Waals surface area contributed by atoms with Crippen molar-refractivity contribution >= 4 is 18.3 Å². The van der Waals surface area contributed by atoms with E-state index in [1.165, 1.54) is 12.1 Å². The van der Waals surface area contributed by atoms with Gasteiger partial charge in [0.25, 0.3) is 0 Å². The van der Waals surface area contributed by atoms with E-state index in [0.717, 1.165) is 17.5 Å². The van der Waals surface area contributed by atoms with Gasteiger partial charge < -0.3 is 14.8 Å². The van der Waals surface area contributed by atoms with Gasteiger partial charge in [-0.05, 0) is 19.1 Å². The zero-order chi connectivity index (χ0) is 13.1. The van der Waals surface area contributed by atoms with Gasteiger partial charge >= 0.3 is 7.12 Å². The number of hydrogen-bond acceptors (Lipinski definition) is 4. The summed E-state index contributed by atoms with van der Waals surface area (Å²) in [4.78, 5) is 4.20. The minimum absolute atomic E-state index is 0.169. The maximum Gasteiger partial charge on any atom is 0.491 e. The van der Waals surface area contributed by atoms with Gasteiger partial charge in [0.15, 0.2) is 0 Å². The van der Waals surface area contributed by atoms with Gasteiger partial charge in [-0.2, -0.15) is 0 Å². The smallest absolute Gasteiger partial charge is 0.461 e. The lowest BCUT2D eigenvalue weighted by molar-refractivity contribution is 0.400. The molecule has 0 bridgehead atoms. The fourth-order valence-electron chi connectivity index (χ4n) is 1.71. The number of hydrogen-bond donors (Lipinski definition) is 2. The normalized spacial score (nSPS) is 14.9. The summed E-state index contributed by atoms with van der Waals surface area (Å²) in [6.07, 6.45) is 2.47. The summed E-state index contributed by atoms with van der Waals surface area (Å²) in [7, 11) is -1.82. The van der Waals surface area contributed by atoms with Crippen LogP contribution in [-0.2, 0) is 0 Å². The summed E-state index contributed by atoms with van der Waals surface area (Å²) < 4.78 is 19.0. The summed E-state index contributed by atoms with van der Waals surface area (Å²) in [5, 5.41) is 17.8. The summed E-state index contributed by atoms with van der Waals surface area (Å²) in [6, 6.07) is 3.93. The van der Waals surface area contributed by atoms with Gasteiger partial charge in [-0.25, -0.2) is 4.39 Å². The number of halogens is 1. The first-order valence-corrected chi connectivity index (χ1v) is 5.61. The van der Waals surface area contributed by atoms with Crippen molar-refractivity contribution in [2.24, 2.45) is 4.99 Å². The Labute approximate surface area is 105 Å². The molecule has 0 unspecified atom stereocenters. The number of dihydropyridines is 1. The maximum atomic E-state index is 13.5. The molecule has 0 aliphatic carbocycles. The SMILES string of the molecule is CC1=NCCC(Oc2ccc(B(O)O)c(F)c2)=C1. The van der Waals surface area contributed by atoms with Gasteiger partial charge in [0.2, 0.25) is 0 Å². The highest BCUT2D eigenvalue weighted by atomic mass is 19.1. The van der Waals surface area contributed by atoms with Crippen LogP contribution in [0.5, 0.6) is 5.75 Å². The van der Waals surface area contributed by atoms with E-state index in [4.69, 9.17) is 14.8 Å². The lowest BCUT2D eigenvalue weighted by atomic mass is 9.80.